The van der Waals surface area contributed by atoms with E-state index in [1.54, 1.807) is 23.9 Å². The van der Waals surface area contributed by atoms with Gasteiger partial charge in [-0.15, -0.1) is 23.4 Å². The van der Waals surface area contributed by atoms with Gasteiger partial charge in [-0.2, -0.15) is 0 Å². The van der Waals surface area contributed by atoms with E-state index in [9.17, 15) is 10.1 Å². The summed E-state index contributed by atoms with van der Waals surface area (Å²) in [5.41, 5.74) is 4.83. The largest absolute Gasteiger partial charge is 0.284 e. The van der Waals surface area contributed by atoms with Crippen LogP contribution in [0.3, 0.4) is 0 Å². The van der Waals surface area contributed by atoms with E-state index in [1.165, 1.54) is 12.8 Å². The van der Waals surface area contributed by atoms with E-state index in [0.29, 0.717) is 12.0 Å². The standard InChI is InChI=1S/C16H22ClN5O2S/c17-13-3-1-2-11-8-21-15(18-14(11)13)19-16(20-21)25-9-10-4-6-12(7-5-10)22(23)24/h4-7,11,13-16,18-20H,1-3,8-9H2. The second-order valence-corrected chi connectivity index (χ2v) is 8.52. The average Bonchev–Trinajstić information content (AvgIpc) is 3.01. The minimum Gasteiger partial charge on any atom is -0.284 e. The number of non-ortho nitro benzene ring substituents is 1. The lowest BCUT2D eigenvalue weighted by molar-refractivity contribution is -0.384. The molecule has 5 atom stereocenters. The van der Waals surface area contributed by atoms with Crippen molar-refractivity contribution in [2.24, 2.45) is 5.92 Å². The maximum absolute atomic E-state index is 10.7. The molecule has 1 aromatic carbocycles. The van der Waals surface area contributed by atoms with Crippen LogP contribution in [-0.2, 0) is 5.75 Å². The molecule has 3 fully saturated rings. The van der Waals surface area contributed by atoms with Crippen LogP contribution in [0.1, 0.15) is 24.8 Å². The van der Waals surface area contributed by atoms with Crippen molar-refractivity contribution in [2.75, 3.05) is 6.54 Å². The highest BCUT2D eigenvalue weighted by Gasteiger charge is 2.44. The summed E-state index contributed by atoms with van der Waals surface area (Å²) in [6, 6.07) is 7.13. The summed E-state index contributed by atoms with van der Waals surface area (Å²) in [4.78, 5) is 10.3. The number of thioether (sulfide) groups is 1. The quantitative estimate of drug-likeness (QED) is 0.417. The van der Waals surface area contributed by atoms with Gasteiger partial charge in [-0.3, -0.25) is 20.7 Å². The van der Waals surface area contributed by atoms with Gasteiger partial charge in [-0.1, -0.05) is 18.6 Å². The van der Waals surface area contributed by atoms with Crippen molar-refractivity contribution in [3.8, 4) is 0 Å². The van der Waals surface area contributed by atoms with Gasteiger partial charge in [0.25, 0.3) is 5.69 Å². The smallest absolute Gasteiger partial charge is 0.269 e. The third kappa shape index (κ3) is 3.79. The summed E-state index contributed by atoms with van der Waals surface area (Å²) < 4.78 is 0. The number of nitrogens with one attached hydrogen (secondary N) is 3. The van der Waals surface area contributed by atoms with E-state index in [4.69, 9.17) is 11.6 Å². The van der Waals surface area contributed by atoms with Crippen molar-refractivity contribution in [2.45, 2.75) is 48.2 Å². The molecule has 25 heavy (non-hydrogen) atoms. The van der Waals surface area contributed by atoms with Gasteiger partial charge < -0.3 is 0 Å². The van der Waals surface area contributed by atoms with Crippen molar-refractivity contribution in [3.05, 3.63) is 39.9 Å². The van der Waals surface area contributed by atoms with E-state index in [0.717, 1.165) is 24.3 Å². The number of nitrogens with zero attached hydrogens (tertiary/aromatic N) is 2. The molecule has 0 amide bonds. The topological polar surface area (TPSA) is 82.5 Å². The zero-order valence-corrected chi connectivity index (χ0v) is 15.3. The lowest BCUT2D eigenvalue weighted by Crippen LogP contribution is -2.65. The van der Waals surface area contributed by atoms with Crippen LogP contribution in [0.15, 0.2) is 24.3 Å². The van der Waals surface area contributed by atoms with E-state index >= 15 is 0 Å². The highest BCUT2D eigenvalue weighted by Crippen LogP contribution is 2.33. The van der Waals surface area contributed by atoms with Gasteiger partial charge in [0.05, 0.1) is 4.92 Å². The molecule has 0 bridgehead atoms. The van der Waals surface area contributed by atoms with Gasteiger partial charge >= 0.3 is 0 Å². The third-order valence-electron chi connectivity index (χ3n) is 5.20. The minimum atomic E-state index is -0.371. The Morgan fingerprint density at radius 1 is 1.28 bits per heavy atom. The zero-order valence-electron chi connectivity index (χ0n) is 13.7. The second-order valence-electron chi connectivity index (χ2n) is 6.86. The number of nitro groups is 1. The van der Waals surface area contributed by atoms with Crippen molar-refractivity contribution < 1.29 is 4.92 Å². The van der Waals surface area contributed by atoms with Crippen LogP contribution in [0.2, 0.25) is 0 Å². The van der Waals surface area contributed by atoms with Crippen LogP contribution in [0.25, 0.3) is 0 Å². The molecule has 9 heteroatoms. The number of hydrazine groups is 1. The van der Waals surface area contributed by atoms with Crippen molar-refractivity contribution in [1.82, 2.24) is 21.1 Å². The first-order valence-corrected chi connectivity index (χ1v) is 10.1. The lowest BCUT2D eigenvalue weighted by Gasteiger charge is -2.45. The van der Waals surface area contributed by atoms with Gasteiger partial charge in [0, 0.05) is 35.8 Å². The molecule has 136 valence electrons. The molecule has 0 radical (unpaired) electrons. The summed E-state index contributed by atoms with van der Waals surface area (Å²) in [5.74, 6) is 1.38. The van der Waals surface area contributed by atoms with Gasteiger partial charge in [-0.05, 0) is 24.3 Å². The third-order valence-corrected chi connectivity index (χ3v) is 6.77. The van der Waals surface area contributed by atoms with Gasteiger partial charge in [0.15, 0.2) is 0 Å². The normalized spacial score (nSPS) is 35.2. The Morgan fingerprint density at radius 2 is 2.08 bits per heavy atom. The molecule has 5 unspecified atom stereocenters. The number of benzene rings is 1. The Kier molecular flexibility index (Phi) is 5.17. The van der Waals surface area contributed by atoms with Crippen molar-refractivity contribution in [1.29, 1.82) is 0 Å². The average molecular weight is 384 g/mol. The monoisotopic (exact) mass is 383 g/mol. The van der Waals surface area contributed by atoms with Crippen molar-refractivity contribution in [3.63, 3.8) is 0 Å². The fourth-order valence-electron chi connectivity index (χ4n) is 3.88. The summed E-state index contributed by atoms with van der Waals surface area (Å²) in [7, 11) is 0. The molecule has 0 spiro atoms. The van der Waals surface area contributed by atoms with Crippen LogP contribution in [0, 0.1) is 16.0 Å². The first-order chi connectivity index (χ1) is 12.1. The molecule has 4 rings (SSSR count). The fourth-order valence-corrected chi connectivity index (χ4v) is 5.30. The Balaban J connectivity index is 1.31. The molecule has 3 N–H and O–H groups in total. The van der Waals surface area contributed by atoms with Crippen LogP contribution in [0.4, 0.5) is 5.69 Å². The first kappa shape index (κ1) is 17.5. The molecule has 2 heterocycles. The molecule has 2 saturated heterocycles. The summed E-state index contributed by atoms with van der Waals surface area (Å²) in [5, 5.41) is 20.4. The van der Waals surface area contributed by atoms with Crippen LogP contribution in [0.5, 0.6) is 0 Å². The maximum atomic E-state index is 10.7. The molecule has 0 aromatic heterocycles. The molecule has 1 aliphatic carbocycles. The Morgan fingerprint density at radius 3 is 2.84 bits per heavy atom. The minimum absolute atomic E-state index is 0.106. The predicted molar refractivity (Wildman–Crippen MR) is 98.9 cm³/mol. The Hall–Kier alpha value is -0.900. The highest BCUT2D eigenvalue weighted by atomic mass is 35.5. The van der Waals surface area contributed by atoms with Crippen LogP contribution >= 0.6 is 23.4 Å². The van der Waals surface area contributed by atoms with E-state index in [2.05, 4.69) is 21.1 Å². The number of halogens is 1. The number of hydrogen-bond acceptors (Lipinski definition) is 7. The predicted octanol–water partition coefficient (Wildman–Crippen LogP) is 2.18. The van der Waals surface area contributed by atoms with E-state index in [1.807, 2.05) is 12.1 Å². The highest BCUT2D eigenvalue weighted by molar-refractivity contribution is 7.99. The van der Waals surface area contributed by atoms with E-state index < -0.39 is 0 Å². The SMILES string of the molecule is O=[N+]([O-])c1ccc(CSC2NC3NC4C(Cl)CCCC4CN3N2)cc1. The fraction of sp³-hybridized carbons (Fsp3) is 0.625. The number of nitro benzene ring substituents is 1. The van der Waals surface area contributed by atoms with Crippen molar-refractivity contribution >= 4 is 29.1 Å². The van der Waals surface area contributed by atoms with Gasteiger partial charge in [-0.25, -0.2) is 10.4 Å². The van der Waals surface area contributed by atoms with E-state index in [-0.39, 0.29) is 27.8 Å². The molecular formula is C16H22ClN5O2S. The maximum Gasteiger partial charge on any atom is 0.269 e. The zero-order chi connectivity index (χ0) is 17.4. The van der Waals surface area contributed by atoms with Crippen LogP contribution in [-0.4, -0.2) is 39.7 Å². The summed E-state index contributed by atoms with van der Waals surface area (Å²) in [6.07, 6.45) is 3.64. The lowest BCUT2D eigenvalue weighted by atomic mass is 9.83. The molecular weight excluding hydrogens is 362 g/mol. The molecule has 1 aromatic rings. The van der Waals surface area contributed by atoms with Crippen LogP contribution < -0.4 is 16.1 Å². The summed E-state index contributed by atoms with van der Waals surface area (Å²) in [6.45, 7) is 1.01. The number of fused-ring (bicyclic) bond motifs is 2. The molecule has 2 aliphatic heterocycles. The first-order valence-electron chi connectivity index (χ1n) is 8.64. The summed E-state index contributed by atoms with van der Waals surface area (Å²) >= 11 is 8.26. The number of hydrogen-bond donors (Lipinski definition) is 3. The Bertz CT molecular complexity index is 633. The Labute approximate surface area is 156 Å². The molecule has 7 nitrogen and oxygen atoms in total. The van der Waals surface area contributed by atoms with Gasteiger partial charge in [0.2, 0.25) is 0 Å². The number of alkyl halides is 1. The number of rotatable bonds is 4. The van der Waals surface area contributed by atoms with Gasteiger partial charge in [0.1, 0.15) is 11.8 Å². The second kappa shape index (κ2) is 7.38. The molecule has 1 saturated carbocycles. The molecule has 3 aliphatic rings.